The molecular formula is C18H19N5O2S. The van der Waals surface area contributed by atoms with Gasteiger partial charge in [-0.25, -0.2) is 4.98 Å². The third-order valence-corrected chi connectivity index (χ3v) is 5.46. The van der Waals surface area contributed by atoms with Gasteiger partial charge in [-0.2, -0.15) is 4.98 Å². The zero-order valence-electron chi connectivity index (χ0n) is 14.7. The van der Waals surface area contributed by atoms with Crippen LogP contribution < -0.4 is 0 Å². The van der Waals surface area contributed by atoms with Crippen molar-refractivity contribution in [3.05, 3.63) is 45.8 Å². The summed E-state index contributed by atoms with van der Waals surface area (Å²) in [6, 6.07) is 3.88. The number of piperidine rings is 1. The Kier molecular flexibility index (Phi) is 4.50. The monoisotopic (exact) mass is 369 g/mol. The molecular weight excluding hydrogens is 350 g/mol. The van der Waals surface area contributed by atoms with Gasteiger partial charge in [0, 0.05) is 30.1 Å². The first-order chi connectivity index (χ1) is 12.6. The Labute approximate surface area is 155 Å². The normalized spacial score (nSPS) is 17.5. The quantitative estimate of drug-likeness (QED) is 0.705. The largest absolute Gasteiger partial charge is 0.337 e. The lowest BCUT2D eigenvalue weighted by atomic mass is 9.97. The topological polar surface area (TPSA) is 85.0 Å². The first-order valence-corrected chi connectivity index (χ1v) is 9.40. The van der Waals surface area contributed by atoms with Gasteiger partial charge in [-0.3, -0.25) is 9.78 Å². The van der Waals surface area contributed by atoms with E-state index in [0.29, 0.717) is 24.0 Å². The number of rotatable bonds is 3. The van der Waals surface area contributed by atoms with E-state index in [0.717, 1.165) is 34.8 Å². The van der Waals surface area contributed by atoms with Crippen LogP contribution in [0.1, 0.15) is 44.8 Å². The summed E-state index contributed by atoms with van der Waals surface area (Å²) in [6.45, 7) is 5.25. The van der Waals surface area contributed by atoms with Gasteiger partial charge in [0.05, 0.1) is 16.8 Å². The molecule has 1 saturated heterocycles. The van der Waals surface area contributed by atoms with Crippen LogP contribution in [0.5, 0.6) is 0 Å². The van der Waals surface area contributed by atoms with Gasteiger partial charge >= 0.3 is 0 Å². The minimum Gasteiger partial charge on any atom is -0.337 e. The number of aromatic nitrogens is 4. The van der Waals surface area contributed by atoms with Gasteiger partial charge in [0.2, 0.25) is 0 Å². The summed E-state index contributed by atoms with van der Waals surface area (Å²) >= 11 is 1.53. The second-order valence-corrected chi connectivity index (χ2v) is 7.79. The molecule has 0 N–H and O–H groups in total. The van der Waals surface area contributed by atoms with Crippen LogP contribution in [0.15, 0.2) is 29.0 Å². The first kappa shape index (κ1) is 16.8. The number of carbonyl (C=O) groups is 1. The van der Waals surface area contributed by atoms with Gasteiger partial charge in [0.1, 0.15) is 5.69 Å². The van der Waals surface area contributed by atoms with Crippen LogP contribution >= 0.6 is 11.3 Å². The number of aryl methyl sites for hydroxylation is 2. The van der Waals surface area contributed by atoms with E-state index in [1.807, 2.05) is 30.9 Å². The van der Waals surface area contributed by atoms with Crippen molar-refractivity contribution in [2.75, 3.05) is 13.1 Å². The standard InChI is InChI=1S/C18H19N5O2S/c1-11-8-20-14(9-19-11)17-21-16(22-25-17)13-4-3-7-23(10-13)18(24)15-6-5-12(2)26-15/h5-6,8-9,13H,3-4,7,10H2,1-2H3/t13-/m0/s1. The van der Waals surface area contributed by atoms with Crippen molar-refractivity contribution in [3.8, 4) is 11.6 Å². The molecule has 1 atom stereocenters. The number of nitrogens with zero attached hydrogens (tertiary/aromatic N) is 5. The van der Waals surface area contributed by atoms with Gasteiger partial charge in [-0.1, -0.05) is 5.16 Å². The number of hydrogen-bond acceptors (Lipinski definition) is 7. The molecule has 1 amide bonds. The van der Waals surface area contributed by atoms with Gasteiger partial charge in [-0.05, 0) is 38.8 Å². The van der Waals surface area contributed by atoms with E-state index in [1.165, 1.54) is 11.3 Å². The fourth-order valence-corrected chi connectivity index (χ4v) is 3.92. The van der Waals surface area contributed by atoms with Crippen molar-refractivity contribution in [1.82, 2.24) is 25.0 Å². The molecule has 8 heteroatoms. The Morgan fingerprint density at radius 3 is 2.88 bits per heavy atom. The summed E-state index contributed by atoms with van der Waals surface area (Å²) in [6.07, 6.45) is 5.16. The van der Waals surface area contributed by atoms with E-state index in [2.05, 4.69) is 20.1 Å². The summed E-state index contributed by atoms with van der Waals surface area (Å²) < 4.78 is 5.36. The molecule has 0 unspecified atom stereocenters. The maximum absolute atomic E-state index is 12.7. The molecule has 3 aromatic heterocycles. The molecule has 0 aromatic carbocycles. The van der Waals surface area contributed by atoms with Gasteiger partial charge in [0.15, 0.2) is 5.82 Å². The average molecular weight is 369 g/mol. The van der Waals surface area contributed by atoms with Crippen LogP contribution in [-0.4, -0.2) is 44.0 Å². The number of carbonyl (C=O) groups excluding carboxylic acids is 1. The molecule has 7 nitrogen and oxygen atoms in total. The molecule has 0 aliphatic carbocycles. The van der Waals surface area contributed by atoms with E-state index in [-0.39, 0.29) is 11.8 Å². The van der Waals surface area contributed by atoms with Crippen molar-refractivity contribution in [3.63, 3.8) is 0 Å². The van der Waals surface area contributed by atoms with Crippen LogP contribution in [0.25, 0.3) is 11.6 Å². The van der Waals surface area contributed by atoms with E-state index in [1.54, 1.807) is 12.4 Å². The van der Waals surface area contributed by atoms with Crippen molar-refractivity contribution in [2.24, 2.45) is 0 Å². The van der Waals surface area contributed by atoms with Crippen LogP contribution in [0.4, 0.5) is 0 Å². The number of thiophene rings is 1. The Morgan fingerprint density at radius 1 is 1.27 bits per heavy atom. The van der Waals surface area contributed by atoms with Gasteiger partial charge < -0.3 is 9.42 Å². The molecule has 0 saturated carbocycles. The lowest BCUT2D eigenvalue weighted by Gasteiger charge is -2.30. The number of amides is 1. The Hall–Kier alpha value is -2.61. The van der Waals surface area contributed by atoms with E-state index in [9.17, 15) is 4.79 Å². The smallest absolute Gasteiger partial charge is 0.278 e. The van der Waals surface area contributed by atoms with Crippen LogP contribution in [0.2, 0.25) is 0 Å². The van der Waals surface area contributed by atoms with Gasteiger partial charge in [-0.15, -0.1) is 11.3 Å². The number of likely N-dealkylation sites (tertiary alicyclic amines) is 1. The Balaban J connectivity index is 1.49. The second kappa shape index (κ2) is 6.95. The fraction of sp³-hybridized carbons (Fsp3) is 0.389. The highest BCUT2D eigenvalue weighted by Crippen LogP contribution is 2.28. The molecule has 0 bridgehead atoms. The third-order valence-electron chi connectivity index (χ3n) is 4.47. The molecule has 4 rings (SSSR count). The van der Waals surface area contributed by atoms with E-state index >= 15 is 0 Å². The maximum atomic E-state index is 12.7. The molecule has 0 spiro atoms. The summed E-state index contributed by atoms with van der Waals surface area (Å²) in [5.74, 6) is 1.15. The van der Waals surface area contributed by atoms with Gasteiger partial charge in [0.25, 0.3) is 11.8 Å². The highest BCUT2D eigenvalue weighted by molar-refractivity contribution is 7.13. The highest BCUT2D eigenvalue weighted by Gasteiger charge is 2.29. The summed E-state index contributed by atoms with van der Waals surface area (Å²) in [5, 5.41) is 4.12. The van der Waals surface area contributed by atoms with Crippen molar-refractivity contribution >= 4 is 17.2 Å². The van der Waals surface area contributed by atoms with E-state index < -0.39 is 0 Å². The summed E-state index contributed by atoms with van der Waals surface area (Å²) in [4.78, 5) is 29.5. The summed E-state index contributed by atoms with van der Waals surface area (Å²) in [7, 11) is 0. The Morgan fingerprint density at radius 2 is 2.15 bits per heavy atom. The lowest BCUT2D eigenvalue weighted by Crippen LogP contribution is -2.39. The predicted molar refractivity (Wildman–Crippen MR) is 97.0 cm³/mol. The Bertz CT molecular complexity index is 918. The average Bonchev–Trinajstić information content (AvgIpc) is 3.31. The molecule has 4 heterocycles. The second-order valence-electron chi connectivity index (χ2n) is 6.50. The predicted octanol–water partition coefficient (Wildman–Crippen LogP) is 3.22. The third kappa shape index (κ3) is 3.37. The zero-order chi connectivity index (χ0) is 18.1. The SMILES string of the molecule is Cc1cnc(-c2nc([C@H]3CCCN(C(=O)c4ccc(C)s4)C3)no2)cn1. The van der Waals surface area contributed by atoms with Crippen molar-refractivity contribution < 1.29 is 9.32 Å². The molecule has 1 fully saturated rings. The number of hydrogen-bond donors (Lipinski definition) is 0. The minimum absolute atomic E-state index is 0.0738. The molecule has 26 heavy (non-hydrogen) atoms. The molecule has 1 aliphatic heterocycles. The van der Waals surface area contributed by atoms with Crippen LogP contribution in [0, 0.1) is 13.8 Å². The first-order valence-electron chi connectivity index (χ1n) is 8.58. The van der Waals surface area contributed by atoms with Crippen molar-refractivity contribution in [1.29, 1.82) is 0 Å². The highest BCUT2D eigenvalue weighted by atomic mass is 32.1. The van der Waals surface area contributed by atoms with E-state index in [4.69, 9.17) is 4.52 Å². The zero-order valence-corrected chi connectivity index (χ0v) is 15.5. The lowest BCUT2D eigenvalue weighted by molar-refractivity contribution is 0.0708. The van der Waals surface area contributed by atoms with Crippen LogP contribution in [-0.2, 0) is 0 Å². The molecule has 1 aliphatic rings. The molecule has 0 radical (unpaired) electrons. The maximum Gasteiger partial charge on any atom is 0.278 e. The molecule has 134 valence electrons. The molecule has 3 aromatic rings. The van der Waals surface area contributed by atoms with Crippen LogP contribution in [0.3, 0.4) is 0 Å². The van der Waals surface area contributed by atoms with Crippen molar-refractivity contribution in [2.45, 2.75) is 32.6 Å². The fourth-order valence-electron chi connectivity index (χ4n) is 3.09. The summed E-state index contributed by atoms with van der Waals surface area (Å²) in [5.41, 5.74) is 1.39. The minimum atomic E-state index is 0.0738.